The van der Waals surface area contributed by atoms with E-state index in [0.29, 0.717) is 17.9 Å². The van der Waals surface area contributed by atoms with Gasteiger partial charge in [0.15, 0.2) is 0 Å². The summed E-state index contributed by atoms with van der Waals surface area (Å²) in [6.07, 6.45) is 2.41. The number of piperidine rings is 1. The Balaban J connectivity index is 1.52. The maximum Gasteiger partial charge on any atom is 0.272 e. The van der Waals surface area contributed by atoms with Gasteiger partial charge in [0.05, 0.1) is 5.69 Å². The van der Waals surface area contributed by atoms with Crippen LogP contribution in [0.1, 0.15) is 61.3 Å². The maximum absolute atomic E-state index is 13.4. The number of fused-ring (bicyclic) bond motifs is 4. The van der Waals surface area contributed by atoms with E-state index in [1.54, 1.807) is 0 Å². The molecular formula is C23H32N4O. The highest BCUT2D eigenvalue weighted by atomic mass is 16.2. The zero-order valence-corrected chi connectivity index (χ0v) is 17.3. The Kier molecular flexibility index (Phi) is 5.54. The first-order valence-electron chi connectivity index (χ1n) is 10.7. The summed E-state index contributed by atoms with van der Waals surface area (Å²) < 4.78 is 1.88. The molecule has 0 unspecified atom stereocenters. The van der Waals surface area contributed by atoms with Gasteiger partial charge in [-0.1, -0.05) is 44.2 Å². The molecule has 0 radical (unpaired) electrons. The van der Waals surface area contributed by atoms with Crippen molar-refractivity contribution < 1.29 is 4.79 Å². The zero-order valence-electron chi connectivity index (χ0n) is 17.3. The Morgan fingerprint density at radius 3 is 2.64 bits per heavy atom. The molecule has 3 aliphatic rings. The van der Waals surface area contributed by atoms with E-state index in [1.165, 1.54) is 18.4 Å². The summed E-state index contributed by atoms with van der Waals surface area (Å²) >= 11 is 0. The van der Waals surface area contributed by atoms with Crippen LogP contribution in [-0.2, 0) is 13.1 Å². The SMILES string of the molecule is CCn1nc(C(C)C)cc1C(=O)N1C[C@@H]2CC[C@H](C1)N(Cc1ccccc1)C2. The molecule has 3 fully saturated rings. The number of hydrogen-bond donors (Lipinski definition) is 0. The Hall–Kier alpha value is -2.14. The predicted molar refractivity (Wildman–Crippen MR) is 111 cm³/mol. The lowest BCUT2D eigenvalue weighted by molar-refractivity contribution is 0.0723. The molecule has 150 valence electrons. The van der Waals surface area contributed by atoms with Gasteiger partial charge in [-0.3, -0.25) is 14.4 Å². The van der Waals surface area contributed by atoms with E-state index >= 15 is 0 Å². The lowest BCUT2D eigenvalue weighted by Crippen LogP contribution is -2.44. The third-order valence-corrected chi connectivity index (χ3v) is 6.25. The molecule has 0 saturated carbocycles. The number of amides is 1. The second-order valence-electron chi connectivity index (χ2n) is 8.65. The van der Waals surface area contributed by atoms with Crippen molar-refractivity contribution in [2.75, 3.05) is 19.6 Å². The minimum atomic E-state index is 0.153. The van der Waals surface area contributed by atoms with E-state index in [1.807, 2.05) is 10.7 Å². The van der Waals surface area contributed by atoms with Crippen LogP contribution in [0.2, 0.25) is 0 Å². The third-order valence-electron chi connectivity index (χ3n) is 6.25. The number of aryl methyl sites for hydroxylation is 1. The summed E-state index contributed by atoms with van der Waals surface area (Å²) in [6.45, 7) is 10.8. The highest BCUT2D eigenvalue weighted by Gasteiger charge is 2.37. The van der Waals surface area contributed by atoms with E-state index in [2.05, 4.69) is 66.0 Å². The van der Waals surface area contributed by atoms with Gasteiger partial charge in [-0.25, -0.2) is 0 Å². The quantitative estimate of drug-likeness (QED) is 0.793. The van der Waals surface area contributed by atoms with Gasteiger partial charge in [-0.05, 0) is 43.2 Å². The molecule has 1 aromatic carbocycles. The smallest absolute Gasteiger partial charge is 0.272 e. The monoisotopic (exact) mass is 380 g/mol. The molecule has 5 rings (SSSR count). The molecule has 0 N–H and O–H groups in total. The largest absolute Gasteiger partial charge is 0.335 e. The minimum Gasteiger partial charge on any atom is -0.335 e. The molecule has 3 aliphatic heterocycles. The molecule has 3 saturated heterocycles. The number of carbonyl (C=O) groups excluding carboxylic acids is 1. The summed E-state index contributed by atoms with van der Waals surface area (Å²) in [5.41, 5.74) is 3.12. The Morgan fingerprint density at radius 1 is 1.14 bits per heavy atom. The van der Waals surface area contributed by atoms with Gasteiger partial charge in [0.25, 0.3) is 5.91 Å². The van der Waals surface area contributed by atoms with Crippen LogP contribution in [0.15, 0.2) is 36.4 Å². The number of aromatic nitrogens is 2. The van der Waals surface area contributed by atoms with Gasteiger partial charge in [0.2, 0.25) is 0 Å². The van der Waals surface area contributed by atoms with Gasteiger partial charge in [0.1, 0.15) is 5.69 Å². The van der Waals surface area contributed by atoms with Crippen LogP contribution in [-0.4, -0.2) is 51.2 Å². The van der Waals surface area contributed by atoms with Gasteiger partial charge in [-0.2, -0.15) is 5.10 Å². The van der Waals surface area contributed by atoms with E-state index in [-0.39, 0.29) is 5.91 Å². The standard InChI is InChI=1S/C23H32N4O/c1-4-27-22(12-21(24-27)17(2)3)23(28)26-15-19-10-11-20(16-26)25(14-19)13-18-8-6-5-7-9-18/h5-9,12,17,19-20H,4,10-11,13-16H2,1-3H3/t19-,20-/m1/s1. The number of carbonyl (C=O) groups is 1. The Morgan fingerprint density at radius 2 is 1.93 bits per heavy atom. The summed E-state index contributed by atoms with van der Waals surface area (Å²) in [4.78, 5) is 18.1. The number of hydrogen-bond acceptors (Lipinski definition) is 3. The fraction of sp³-hybridized carbons (Fsp3) is 0.565. The minimum absolute atomic E-state index is 0.153. The van der Waals surface area contributed by atoms with Gasteiger partial charge in [-0.15, -0.1) is 0 Å². The third kappa shape index (κ3) is 3.86. The summed E-state index contributed by atoms with van der Waals surface area (Å²) in [6, 6.07) is 13.2. The van der Waals surface area contributed by atoms with Crippen molar-refractivity contribution in [3.8, 4) is 0 Å². The van der Waals surface area contributed by atoms with Crippen molar-refractivity contribution >= 4 is 5.91 Å². The van der Waals surface area contributed by atoms with Crippen LogP contribution in [0.25, 0.3) is 0 Å². The second-order valence-corrected chi connectivity index (χ2v) is 8.65. The lowest BCUT2D eigenvalue weighted by atomic mass is 9.94. The van der Waals surface area contributed by atoms with Gasteiger partial charge in [0, 0.05) is 38.8 Å². The average Bonchev–Trinajstić information content (AvgIpc) is 2.94. The lowest BCUT2D eigenvalue weighted by Gasteiger charge is -2.36. The molecule has 28 heavy (non-hydrogen) atoms. The molecule has 5 heteroatoms. The normalized spacial score (nSPS) is 22.6. The van der Waals surface area contributed by atoms with Crippen LogP contribution in [0.4, 0.5) is 0 Å². The first-order chi connectivity index (χ1) is 13.5. The van der Waals surface area contributed by atoms with Crippen molar-refractivity contribution in [1.82, 2.24) is 19.6 Å². The maximum atomic E-state index is 13.4. The summed E-state index contributed by atoms with van der Waals surface area (Å²) in [5, 5.41) is 4.65. The van der Waals surface area contributed by atoms with Crippen LogP contribution in [0.5, 0.6) is 0 Å². The van der Waals surface area contributed by atoms with Gasteiger partial charge >= 0.3 is 0 Å². The summed E-state index contributed by atoms with van der Waals surface area (Å²) in [5.74, 6) is 1.05. The second kappa shape index (κ2) is 8.08. The number of rotatable bonds is 5. The van der Waals surface area contributed by atoms with Crippen molar-refractivity contribution in [3.05, 3.63) is 53.3 Å². The van der Waals surface area contributed by atoms with E-state index in [9.17, 15) is 4.79 Å². The Labute approximate surface area is 168 Å². The molecule has 2 bridgehead atoms. The van der Waals surface area contributed by atoms with E-state index in [4.69, 9.17) is 0 Å². The topological polar surface area (TPSA) is 41.4 Å². The van der Waals surface area contributed by atoms with E-state index in [0.717, 1.165) is 44.1 Å². The average molecular weight is 381 g/mol. The Bertz CT molecular complexity index is 813. The molecule has 2 aromatic rings. The molecule has 5 nitrogen and oxygen atoms in total. The molecule has 2 atom stereocenters. The van der Waals surface area contributed by atoms with Crippen LogP contribution in [0.3, 0.4) is 0 Å². The highest BCUT2D eigenvalue weighted by Crippen LogP contribution is 2.30. The summed E-state index contributed by atoms with van der Waals surface area (Å²) in [7, 11) is 0. The zero-order chi connectivity index (χ0) is 19.7. The predicted octanol–water partition coefficient (Wildman–Crippen LogP) is 3.76. The first-order valence-corrected chi connectivity index (χ1v) is 10.7. The number of benzene rings is 1. The van der Waals surface area contributed by atoms with Gasteiger partial charge < -0.3 is 4.90 Å². The van der Waals surface area contributed by atoms with Crippen molar-refractivity contribution in [3.63, 3.8) is 0 Å². The molecule has 0 aliphatic carbocycles. The molecule has 1 aromatic heterocycles. The number of nitrogens with zero attached hydrogens (tertiary/aromatic N) is 4. The van der Waals surface area contributed by atoms with Crippen LogP contribution in [0, 0.1) is 5.92 Å². The molecule has 0 spiro atoms. The first kappa shape index (κ1) is 19.2. The van der Waals surface area contributed by atoms with Crippen LogP contribution >= 0.6 is 0 Å². The molecule has 4 heterocycles. The fourth-order valence-electron chi connectivity index (χ4n) is 4.65. The van der Waals surface area contributed by atoms with E-state index < -0.39 is 0 Å². The highest BCUT2D eigenvalue weighted by molar-refractivity contribution is 5.92. The fourth-order valence-corrected chi connectivity index (χ4v) is 4.65. The molecule has 1 amide bonds. The van der Waals surface area contributed by atoms with Crippen molar-refractivity contribution in [1.29, 1.82) is 0 Å². The van der Waals surface area contributed by atoms with Crippen LogP contribution < -0.4 is 0 Å². The molecular weight excluding hydrogens is 348 g/mol. The van der Waals surface area contributed by atoms with Crippen molar-refractivity contribution in [2.45, 2.75) is 58.7 Å². The van der Waals surface area contributed by atoms with Crippen molar-refractivity contribution in [2.24, 2.45) is 5.92 Å².